The fourth-order valence-electron chi connectivity index (χ4n) is 6.27. The lowest BCUT2D eigenvalue weighted by Crippen LogP contribution is -2.29. The molecule has 2 atom stereocenters. The minimum absolute atomic E-state index is 0.0532. The number of nitrogens with one attached hydrogen (secondary N) is 2. The van der Waals surface area contributed by atoms with Gasteiger partial charge in [0.1, 0.15) is 37.9 Å². The second-order valence-electron chi connectivity index (χ2n) is 15.1. The van der Waals surface area contributed by atoms with Crippen molar-refractivity contribution in [3.05, 3.63) is 138 Å². The molecule has 1 aromatic heterocycles. The third kappa shape index (κ3) is 17.2. The largest absolute Gasteiger partial charge is 0.497 e. The second kappa shape index (κ2) is 26.0. The van der Waals surface area contributed by atoms with Crippen LogP contribution in [0.3, 0.4) is 0 Å². The molecule has 0 bridgehead atoms. The van der Waals surface area contributed by atoms with Crippen molar-refractivity contribution in [1.82, 2.24) is 15.6 Å². The molecule has 4 aromatic carbocycles. The van der Waals surface area contributed by atoms with Crippen LogP contribution in [-0.2, 0) is 44.9 Å². The highest BCUT2D eigenvalue weighted by Crippen LogP contribution is 2.19. The monoisotopic (exact) mass is 879 g/mol. The molecule has 0 aliphatic heterocycles. The van der Waals surface area contributed by atoms with Crippen LogP contribution in [0.2, 0.25) is 0 Å². The molecular weight excluding hydrogens is 819 g/mol. The third-order valence-corrected chi connectivity index (χ3v) is 9.90. The standard InChI is InChI=1S/C49H61N5O10/c1-53(2)40-18-10-38(11-19-40)32-50-48(55)61-28-26-59-44(30-36-14-22-42(57-5)23-15-36)34-63-46-8-7-9-47(52-46)64-35-45(31-37-16-24-43(58-6)25-17-37)60-27-29-62-49(56)51-33-39-12-20-41(21-13-39)54(3)4/h7-25,44-45H,26-35H2,1-6H3,(H,50,55)(H,51,56). The fourth-order valence-corrected chi connectivity index (χ4v) is 6.27. The Labute approximate surface area is 376 Å². The van der Waals surface area contributed by atoms with Crippen molar-refractivity contribution in [2.45, 2.75) is 38.1 Å². The third-order valence-electron chi connectivity index (χ3n) is 9.90. The SMILES string of the molecule is COc1ccc(CC(COc2cccc(OCC(Cc3ccc(OC)cc3)OCCOC(=O)NCc3ccc(N(C)C)cc3)n2)OCCOC(=O)NCc2ccc(N(C)C)cc2)cc1. The van der Waals surface area contributed by atoms with E-state index in [0.29, 0.717) is 37.7 Å². The number of pyridine rings is 1. The number of alkyl carbamates (subject to hydrolysis) is 2. The minimum atomic E-state index is -0.532. The van der Waals surface area contributed by atoms with Gasteiger partial charge in [0.25, 0.3) is 0 Å². The summed E-state index contributed by atoms with van der Waals surface area (Å²) < 4.78 is 46.1. The Balaban J connectivity index is 1.11. The summed E-state index contributed by atoms with van der Waals surface area (Å²) in [5.74, 6) is 2.18. The molecule has 0 aliphatic carbocycles. The van der Waals surface area contributed by atoms with Gasteiger partial charge in [-0.15, -0.1) is 0 Å². The lowest BCUT2D eigenvalue weighted by atomic mass is 10.1. The maximum Gasteiger partial charge on any atom is 0.407 e. The molecule has 0 saturated carbocycles. The summed E-state index contributed by atoms with van der Waals surface area (Å²) in [5.41, 5.74) is 6.10. The van der Waals surface area contributed by atoms with Gasteiger partial charge in [-0.25, -0.2) is 9.59 Å². The van der Waals surface area contributed by atoms with Gasteiger partial charge < -0.3 is 58.3 Å². The van der Waals surface area contributed by atoms with E-state index in [1.165, 1.54) is 0 Å². The first-order valence-corrected chi connectivity index (χ1v) is 21.1. The van der Waals surface area contributed by atoms with E-state index in [1.807, 2.05) is 135 Å². The lowest BCUT2D eigenvalue weighted by Gasteiger charge is -2.20. The Morgan fingerprint density at radius 3 is 1.25 bits per heavy atom. The first-order chi connectivity index (χ1) is 31.1. The molecule has 1 heterocycles. The molecule has 5 rings (SSSR count). The summed E-state index contributed by atoms with van der Waals surface area (Å²) in [6.07, 6.45) is -0.817. The zero-order valence-corrected chi connectivity index (χ0v) is 37.6. The van der Waals surface area contributed by atoms with Crippen LogP contribution in [0.1, 0.15) is 22.3 Å². The Bertz CT molecular complexity index is 1970. The molecule has 15 nitrogen and oxygen atoms in total. The number of hydrogen-bond acceptors (Lipinski definition) is 13. The van der Waals surface area contributed by atoms with Crippen LogP contribution in [0.15, 0.2) is 115 Å². The first-order valence-electron chi connectivity index (χ1n) is 21.1. The fraction of sp³-hybridized carbons (Fsp3) is 0.367. The molecule has 0 fully saturated rings. The van der Waals surface area contributed by atoms with E-state index in [2.05, 4.69) is 15.6 Å². The summed E-state index contributed by atoms with van der Waals surface area (Å²) in [5, 5.41) is 5.56. The predicted molar refractivity (Wildman–Crippen MR) is 246 cm³/mol. The van der Waals surface area contributed by atoms with Crippen molar-refractivity contribution in [2.75, 3.05) is 91.9 Å². The van der Waals surface area contributed by atoms with Gasteiger partial charge in [0.05, 0.1) is 39.6 Å². The molecule has 15 heteroatoms. The lowest BCUT2D eigenvalue weighted by molar-refractivity contribution is -0.00386. The number of aromatic nitrogens is 1. The van der Waals surface area contributed by atoms with Gasteiger partial charge in [-0.3, -0.25) is 0 Å². The number of ether oxygens (including phenoxy) is 8. The van der Waals surface area contributed by atoms with Crippen molar-refractivity contribution < 1.29 is 47.5 Å². The number of carbonyl (C=O) groups excluding carboxylic acids is 2. The van der Waals surface area contributed by atoms with Crippen LogP contribution < -0.4 is 39.4 Å². The van der Waals surface area contributed by atoms with Crippen molar-refractivity contribution in [3.63, 3.8) is 0 Å². The normalized spacial score (nSPS) is 11.7. The zero-order valence-electron chi connectivity index (χ0n) is 37.6. The van der Waals surface area contributed by atoms with Gasteiger partial charge in [-0.1, -0.05) is 54.6 Å². The van der Waals surface area contributed by atoms with Gasteiger partial charge in [0.2, 0.25) is 11.8 Å². The van der Waals surface area contributed by atoms with Gasteiger partial charge in [0.15, 0.2) is 0 Å². The average Bonchev–Trinajstić information content (AvgIpc) is 3.32. The maximum atomic E-state index is 12.4. The number of benzene rings is 4. The molecule has 2 N–H and O–H groups in total. The average molecular weight is 880 g/mol. The summed E-state index contributed by atoms with van der Waals surface area (Å²) in [7, 11) is 11.1. The van der Waals surface area contributed by atoms with Crippen LogP contribution in [0, 0.1) is 0 Å². The number of nitrogens with zero attached hydrogens (tertiary/aromatic N) is 3. The molecule has 2 amide bonds. The van der Waals surface area contributed by atoms with E-state index in [1.54, 1.807) is 32.4 Å². The summed E-state index contributed by atoms with van der Waals surface area (Å²) in [6.45, 7) is 1.43. The molecule has 0 spiro atoms. The van der Waals surface area contributed by atoms with Crippen LogP contribution in [-0.4, -0.2) is 111 Å². The van der Waals surface area contributed by atoms with Crippen molar-refractivity contribution >= 4 is 23.6 Å². The number of carbonyl (C=O) groups is 2. The van der Waals surface area contributed by atoms with E-state index in [4.69, 9.17) is 37.9 Å². The number of anilines is 2. The van der Waals surface area contributed by atoms with Gasteiger partial charge >= 0.3 is 12.2 Å². The smallest absolute Gasteiger partial charge is 0.407 e. The highest BCUT2D eigenvalue weighted by Gasteiger charge is 2.16. The van der Waals surface area contributed by atoms with Crippen molar-refractivity contribution in [3.8, 4) is 23.3 Å². The molecule has 0 aliphatic rings. The Morgan fingerprint density at radius 1 is 0.516 bits per heavy atom. The van der Waals surface area contributed by atoms with Crippen molar-refractivity contribution in [1.29, 1.82) is 0 Å². The molecule has 0 radical (unpaired) electrons. The van der Waals surface area contributed by atoms with Crippen LogP contribution in [0.5, 0.6) is 23.3 Å². The Kier molecular flexibility index (Phi) is 19.7. The van der Waals surface area contributed by atoms with Gasteiger partial charge in [0, 0.05) is 77.6 Å². The molecule has 5 aromatic rings. The van der Waals surface area contributed by atoms with Crippen LogP contribution in [0.4, 0.5) is 21.0 Å². The zero-order chi connectivity index (χ0) is 45.5. The summed E-state index contributed by atoms with van der Waals surface area (Å²) >= 11 is 0. The van der Waals surface area contributed by atoms with E-state index < -0.39 is 24.4 Å². The molecule has 64 heavy (non-hydrogen) atoms. The second-order valence-corrected chi connectivity index (χ2v) is 15.1. The van der Waals surface area contributed by atoms with E-state index >= 15 is 0 Å². The Hall–Kier alpha value is -6.71. The summed E-state index contributed by atoms with van der Waals surface area (Å²) in [4.78, 5) is 33.5. The van der Waals surface area contributed by atoms with E-state index in [0.717, 1.165) is 45.1 Å². The number of amides is 2. The molecule has 2 unspecified atom stereocenters. The van der Waals surface area contributed by atoms with Gasteiger partial charge in [-0.2, -0.15) is 4.98 Å². The van der Waals surface area contributed by atoms with Crippen LogP contribution in [0.25, 0.3) is 0 Å². The van der Waals surface area contributed by atoms with Crippen LogP contribution >= 0.6 is 0 Å². The first kappa shape index (κ1) is 48.3. The van der Waals surface area contributed by atoms with E-state index in [-0.39, 0.29) is 39.6 Å². The molecule has 342 valence electrons. The quantitative estimate of drug-likeness (QED) is 0.0545. The van der Waals surface area contributed by atoms with Crippen molar-refractivity contribution in [2.24, 2.45) is 0 Å². The number of hydrogen-bond donors (Lipinski definition) is 2. The maximum absolute atomic E-state index is 12.4. The number of rotatable bonds is 26. The Morgan fingerprint density at radius 2 is 0.891 bits per heavy atom. The van der Waals surface area contributed by atoms with E-state index in [9.17, 15) is 9.59 Å². The molecule has 0 saturated heterocycles. The molecular formula is C49H61N5O10. The van der Waals surface area contributed by atoms with Gasteiger partial charge in [-0.05, 0) is 70.8 Å². The predicted octanol–water partition coefficient (Wildman–Crippen LogP) is 7.10. The number of methoxy groups -OCH3 is 2. The summed E-state index contributed by atoms with van der Waals surface area (Å²) in [6, 6.07) is 36.5. The highest BCUT2D eigenvalue weighted by atomic mass is 16.6. The topological polar surface area (TPSA) is 151 Å². The minimum Gasteiger partial charge on any atom is -0.497 e. The highest BCUT2D eigenvalue weighted by molar-refractivity contribution is 5.67.